The smallest absolute Gasteiger partial charge is 0.00214 e. The topological polar surface area (TPSA) is 0 Å². The highest BCUT2D eigenvalue weighted by molar-refractivity contribution is 5.43. The normalized spacial score (nSPS) is 37.7. The van der Waals surface area contributed by atoms with Crippen LogP contribution in [0.3, 0.4) is 0 Å². The van der Waals surface area contributed by atoms with Gasteiger partial charge in [0.1, 0.15) is 0 Å². The molecule has 0 amide bonds. The highest BCUT2D eigenvalue weighted by atomic mass is 14.5. The first-order chi connectivity index (χ1) is 15.3. The first-order valence-corrected chi connectivity index (χ1v) is 12.1. The molecule has 7 atom stereocenters. The summed E-state index contributed by atoms with van der Waals surface area (Å²) in [7, 11) is 0. The maximum absolute atomic E-state index is 2.51. The fourth-order valence-electron chi connectivity index (χ4n) is 7.31. The molecule has 2 aromatic rings. The Morgan fingerprint density at radius 1 is 0.581 bits per heavy atom. The Morgan fingerprint density at radius 2 is 1.16 bits per heavy atom. The molecular formula is C31H32. The third-order valence-electron chi connectivity index (χ3n) is 8.67. The fourth-order valence-corrected chi connectivity index (χ4v) is 7.31. The maximum Gasteiger partial charge on any atom is -0.00214 e. The molecule has 0 heterocycles. The molecule has 0 aliphatic heterocycles. The quantitative estimate of drug-likeness (QED) is 0.489. The van der Waals surface area contributed by atoms with Crippen molar-refractivity contribution in [2.75, 3.05) is 0 Å². The number of allylic oxidation sites excluding steroid dienone is 8. The van der Waals surface area contributed by atoms with Gasteiger partial charge in [-0.25, -0.2) is 0 Å². The second kappa shape index (κ2) is 7.83. The molecule has 4 aliphatic rings. The van der Waals surface area contributed by atoms with E-state index in [1.54, 1.807) is 11.1 Å². The van der Waals surface area contributed by atoms with Crippen molar-refractivity contribution in [3.63, 3.8) is 0 Å². The van der Waals surface area contributed by atoms with Gasteiger partial charge < -0.3 is 0 Å². The summed E-state index contributed by atoms with van der Waals surface area (Å²) in [5.41, 5.74) is 4.76. The van der Waals surface area contributed by atoms with Crippen molar-refractivity contribution in [3.05, 3.63) is 120 Å². The minimum Gasteiger partial charge on any atom is -0.0808 e. The third kappa shape index (κ3) is 3.19. The molecule has 0 spiro atoms. The van der Waals surface area contributed by atoms with Crippen molar-refractivity contribution in [1.29, 1.82) is 0 Å². The summed E-state index contributed by atoms with van der Waals surface area (Å²) < 4.78 is 0. The van der Waals surface area contributed by atoms with E-state index in [0.29, 0.717) is 35.5 Å². The Bertz CT molecular complexity index is 1030. The molecule has 0 bridgehead atoms. The van der Waals surface area contributed by atoms with E-state index in [4.69, 9.17) is 0 Å². The zero-order valence-corrected chi connectivity index (χ0v) is 18.3. The van der Waals surface area contributed by atoms with Crippen LogP contribution in [0.1, 0.15) is 54.2 Å². The van der Waals surface area contributed by atoms with Crippen LogP contribution >= 0.6 is 0 Å². The Kier molecular flexibility index (Phi) is 4.82. The van der Waals surface area contributed by atoms with Gasteiger partial charge >= 0.3 is 0 Å². The van der Waals surface area contributed by atoms with Crippen LogP contribution in [0.5, 0.6) is 0 Å². The molecule has 0 nitrogen and oxygen atoms in total. The minimum absolute atomic E-state index is 0.548. The Morgan fingerprint density at radius 3 is 1.87 bits per heavy atom. The fraction of sp³-hybridized carbons (Fsp3) is 0.355. The maximum atomic E-state index is 2.51. The van der Waals surface area contributed by atoms with E-state index in [1.165, 1.54) is 18.4 Å². The average Bonchev–Trinajstić information content (AvgIpc) is 3.39. The summed E-state index contributed by atoms with van der Waals surface area (Å²) in [6.45, 7) is 2.51. The van der Waals surface area contributed by atoms with E-state index in [-0.39, 0.29) is 0 Å². The number of rotatable bonds is 3. The van der Waals surface area contributed by atoms with E-state index in [1.807, 2.05) is 0 Å². The van der Waals surface area contributed by atoms with E-state index < -0.39 is 0 Å². The average molecular weight is 405 g/mol. The first kappa shape index (κ1) is 19.1. The molecule has 0 heteroatoms. The molecule has 2 aromatic carbocycles. The predicted molar refractivity (Wildman–Crippen MR) is 130 cm³/mol. The zero-order chi connectivity index (χ0) is 20.8. The highest BCUT2D eigenvalue weighted by Gasteiger charge is 2.49. The molecule has 2 fully saturated rings. The van der Waals surface area contributed by atoms with E-state index in [0.717, 1.165) is 11.8 Å². The van der Waals surface area contributed by atoms with Crippen LogP contribution in [0.4, 0.5) is 0 Å². The summed E-state index contributed by atoms with van der Waals surface area (Å²) in [5.74, 6) is 5.10. The van der Waals surface area contributed by atoms with Gasteiger partial charge in [-0.15, -0.1) is 0 Å². The van der Waals surface area contributed by atoms with Gasteiger partial charge in [-0.1, -0.05) is 110 Å². The van der Waals surface area contributed by atoms with E-state index in [9.17, 15) is 0 Å². The number of hydrogen-bond donors (Lipinski definition) is 0. The van der Waals surface area contributed by atoms with Crippen LogP contribution in [-0.2, 0) is 0 Å². The summed E-state index contributed by atoms with van der Waals surface area (Å²) in [5, 5.41) is 0. The molecule has 0 N–H and O–H groups in total. The number of hydrogen-bond acceptors (Lipinski definition) is 0. The lowest BCUT2D eigenvalue weighted by Gasteiger charge is -2.29. The summed E-state index contributed by atoms with van der Waals surface area (Å²) in [4.78, 5) is 0. The molecule has 4 aliphatic carbocycles. The van der Waals surface area contributed by atoms with Crippen molar-refractivity contribution in [2.24, 2.45) is 29.6 Å². The van der Waals surface area contributed by atoms with Crippen molar-refractivity contribution < 1.29 is 0 Å². The Balaban J connectivity index is 1.43. The second-order valence-electron chi connectivity index (χ2n) is 10.1. The van der Waals surface area contributed by atoms with Crippen LogP contribution in [0.25, 0.3) is 0 Å². The van der Waals surface area contributed by atoms with Crippen LogP contribution in [0, 0.1) is 29.6 Å². The Hall–Kier alpha value is -2.60. The number of fused-ring (bicyclic) bond motifs is 2. The highest BCUT2D eigenvalue weighted by Crippen LogP contribution is 2.59. The molecule has 0 saturated heterocycles. The molecular weight excluding hydrogens is 372 g/mol. The van der Waals surface area contributed by atoms with Crippen LogP contribution < -0.4 is 0 Å². The van der Waals surface area contributed by atoms with Gasteiger partial charge in [0, 0.05) is 0 Å². The summed E-state index contributed by atoms with van der Waals surface area (Å²) >= 11 is 0. The first-order valence-electron chi connectivity index (χ1n) is 12.1. The van der Waals surface area contributed by atoms with E-state index in [2.05, 4.69) is 110 Å². The summed E-state index contributed by atoms with van der Waals surface area (Å²) in [6, 6.07) is 20.8. The molecule has 2 saturated carbocycles. The summed E-state index contributed by atoms with van der Waals surface area (Å²) in [6.07, 6.45) is 21.5. The van der Waals surface area contributed by atoms with Gasteiger partial charge in [-0.05, 0) is 76.9 Å². The number of benzene rings is 2. The van der Waals surface area contributed by atoms with Crippen LogP contribution in [-0.4, -0.2) is 0 Å². The van der Waals surface area contributed by atoms with Gasteiger partial charge in [-0.2, -0.15) is 0 Å². The third-order valence-corrected chi connectivity index (χ3v) is 8.67. The largest absolute Gasteiger partial charge is 0.0808 e. The zero-order valence-electron chi connectivity index (χ0n) is 18.3. The van der Waals surface area contributed by atoms with Crippen molar-refractivity contribution in [1.82, 2.24) is 0 Å². The Labute approximate surface area is 187 Å². The van der Waals surface area contributed by atoms with Gasteiger partial charge in [0.2, 0.25) is 0 Å². The van der Waals surface area contributed by atoms with E-state index >= 15 is 0 Å². The van der Waals surface area contributed by atoms with Gasteiger partial charge in [0.05, 0.1) is 0 Å². The predicted octanol–water partition coefficient (Wildman–Crippen LogP) is 7.80. The van der Waals surface area contributed by atoms with Crippen molar-refractivity contribution >= 4 is 0 Å². The lowest BCUT2D eigenvalue weighted by Crippen LogP contribution is -2.15. The molecule has 6 rings (SSSR count). The minimum atomic E-state index is 0.548. The molecule has 0 aromatic heterocycles. The van der Waals surface area contributed by atoms with Gasteiger partial charge in [0.25, 0.3) is 0 Å². The van der Waals surface area contributed by atoms with Gasteiger partial charge in [-0.3, -0.25) is 0 Å². The lowest BCUT2D eigenvalue weighted by atomic mass is 9.74. The van der Waals surface area contributed by atoms with Gasteiger partial charge in [0.15, 0.2) is 0 Å². The molecule has 7 unspecified atom stereocenters. The van der Waals surface area contributed by atoms with Crippen molar-refractivity contribution in [3.8, 4) is 0 Å². The molecule has 0 radical (unpaired) electrons. The molecule has 156 valence electrons. The van der Waals surface area contributed by atoms with Crippen molar-refractivity contribution in [2.45, 2.75) is 37.5 Å². The standard InChI is InChI=1S/C31H32/c1-21-26-15-7-9-17-28(26)31(22-11-3-2-4-12-22)30(21)29-18-10-8-16-27(29)25-19-23-13-5-6-14-24(23)20-25/h2-18,21,23-26,28,30-31H,19-20H2,1H3. The van der Waals surface area contributed by atoms with Crippen LogP contribution in [0.15, 0.2) is 103 Å². The second-order valence-corrected chi connectivity index (χ2v) is 10.1. The SMILES string of the molecule is CC1C2C=CC=CC2C(c2ccccc2)C1c1ccccc1C1CC2C=CC=CC2C1. The monoisotopic (exact) mass is 404 g/mol. The molecule has 31 heavy (non-hydrogen) atoms. The lowest BCUT2D eigenvalue weighted by molar-refractivity contribution is 0.429. The van der Waals surface area contributed by atoms with Crippen LogP contribution in [0.2, 0.25) is 0 Å².